The first kappa shape index (κ1) is 13.0. The predicted molar refractivity (Wildman–Crippen MR) is 64.9 cm³/mol. The lowest BCUT2D eigenvalue weighted by Crippen LogP contribution is -2.39. The van der Waals surface area contributed by atoms with Gasteiger partial charge in [0.05, 0.1) is 0 Å². The van der Waals surface area contributed by atoms with Crippen molar-refractivity contribution in [2.75, 3.05) is 13.2 Å². The molecule has 0 heterocycles. The van der Waals surface area contributed by atoms with E-state index in [-0.39, 0.29) is 0 Å². The van der Waals surface area contributed by atoms with Gasteiger partial charge in [0.25, 0.3) is 0 Å². The van der Waals surface area contributed by atoms with Crippen molar-refractivity contribution in [3.05, 3.63) is 0 Å². The van der Waals surface area contributed by atoms with E-state index in [0.29, 0.717) is 6.61 Å². The Balaban J connectivity index is 2.05. The van der Waals surface area contributed by atoms with Crippen LogP contribution in [0.5, 0.6) is 0 Å². The van der Waals surface area contributed by atoms with Gasteiger partial charge in [-0.25, -0.2) is 0 Å². The van der Waals surface area contributed by atoms with E-state index >= 15 is 0 Å². The number of rotatable bonds is 6. The molecule has 0 amide bonds. The number of unbranched alkanes of at least 4 members (excludes halogenated alkanes) is 2. The molecule has 90 valence electrons. The quantitative estimate of drug-likeness (QED) is 0.665. The molecule has 3 unspecified atom stereocenters. The standard InChI is InChI=1S/C13H27NO/c1-11-6-7-13(12(2)10-11)14-8-4-3-5-9-15/h11-15H,3-10H2,1-2H3. The van der Waals surface area contributed by atoms with E-state index in [1.54, 1.807) is 0 Å². The Hall–Kier alpha value is -0.0800. The Morgan fingerprint density at radius 2 is 1.93 bits per heavy atom. The number of hydrogen-bond donors (Lipinski definition) is 2. The molecule has 0 aromatic rings. The van der Waals surface area contributed by atoms with Crippen LogP contribution in [0.4, 0.5) is 0 Å². The SMILES string of the molecule is CC1CCC(NCCCCCO)C(C)C1. The van der Waals surface area contributed by atoms with E-state index in [1.165, 1.54) is 25.7 Å². The zero-order valence-corrected chi connectivity index (χ0v) is 10.3. The highest BCUT2D eigenvalue weighted by molar-refractivity contribution is 4.80. The molecule has 2 N–H and O–H groups in total. The third-order valence-corrected chi connectivity index (χ3v) is 3.67. The number of aliphatic hydroxyl groups excluding tert-OH is 1. The summed E-state index contributed by atoms with van der Waals surface area (Å²) >= 11 is 0. The second-order valence-electron chi connectivity index (χ2n) is 5.24. The molecular weight excluding hydrogens is 186 g/mol. The van der Waals surface area contributed by atoms with E-state index in [1.807, 2.05) is 0 Å². The lowest BCUT2D eigenvalue weighted by molar-refractivity contribution is 0.226. The molecule has 0 bridgehead atoms. The lowest BCUT2D eigenvalue weighted by atomic mass is 9.80. The van der Waals surface area contributed by atoms with Crippen LogP contribution in [-0.2, 0) is 0 Å². The molecule has 3 atom stereocenters. The first-order valence-electron chi connectivity index (χ1n) is 6.58. The average Bonchev–Trinajstić information content (AvgIpc) is 2.20. The van der Waals surface area contributed by atoms with Crippen molar-refractivity contribution < 1.29 is 5.11 Å². The van der Waals surface area contributed by atoms with Crippen molar-refractivity contribution in [2.45, 2.75) is 58.4 Å². The largest absolute Gasteiger partial charge is 0.396 e. The third kappa shape index (κ3) is 4.98. The molecule has 1 rings (SSSR count). The van der Waals surface area contributed by atoms with Gasteiger partial charge in [-0.15, -0.1) is 0 Å². The summed E-state index contributed by atoms with van der Waals surface area (Å²) in [6.07, 6.45) is 7.44. The molecule has 0 aliphatic heterocycles. The first-order chi connectivity index (χ1) is 7.24. The van der Waals surface area contributed by atoms with Gasteiger partial charge >= 0.3 is 0 Å². The minimum atomic E-state index is 0.345. The fraction of sp³-hybridized carbons (Fsp3) is 1.00. The molecule has 1 aliphatic rings. The molecule has 15 heavy (non-hydrogen) atoms. The Labute approximate surface area is 94.5 Å². The number of nitrogens with one attached hydrogen (secondary N) is 1. The van der Waals surface area contributed by atoms with Gasteiger partial charge in [-0.1, -0.05) is 13.8 Å². The second-order valence-corrected chi connectivity index (χ2v) is 5.24. The third-order valence-electron chi connectivity index (χ3n) is 3.67. The molecule has 1 fully saturated rings. The summed E-state index contributed by atoms with van der Waals surface area (Å²) in [6.45, 7) is 6.22. The summed E-state index contributed by atoms with van der Waals surface area (Å²) in [4.78, 5) is 0. The summed E-state index contributed by atoms with van der Waals surface area (Å²) in [5, 5.41) is 12.3. The molecular formula is C13H27NO. The van der Waals surface area contributed by atoms with Gasteiger partial charge in [0.1, 0.15) is 0 Å². The fourth-order valence-corrected chi connectivity index (χ4v) is 2.67. The van der Waals surface area contributed by atoms with Gasteiger partial charge in [0, 0.05) is 12.6 Å². The summed E-state index contributed by atoms with van der Waals surface area (Å²) < 4.78 is 0. The fourth-order valence-electron chi connectivity index (χ4n) is 2.67. The molecule has 0 spiro atoms. The summed E-state index contributed by atoms with van der Waals surface area (Å²) in [5.41, 5.74) is 0. The maximum atomic E-state index is 8.67. The number of hydrogen-bond acceptors (Lipinski definition) is 2. The number of aliphatic hydroxyl groups is 1. The van der Waals surface area contributed by atoms with E-state index in [9.17, 15) is 0 Å². The minimum absolute atomic E-state index is 0.345. The van der Waals surface area contributed by atoms with Crippen LogP contribution in [0.1, 0.15) is 52.4 Å². The highest BCUT2D eigenvalue weighted by Crippen LogP contribution is 2.28. The van der Waals surface area contributed by atoms with E-state index in [2.05, 4.69) is 19.2 Å². The summed E-state index contributed by atoms with van der Waals surface area (Å²) in [7, 11) is 0. The lowest BCUT2D eigenvalue weighted by Gasteiger charge is -2.33. The topological polar surface area (TPSA) is 32.3 Å². The maximum absolute atomic E-state index is 8.67. The highest BCUT2D eigenvalue weighted by atomic mass is 16.2. The highest BCUT2D eigenvalue weighted by Gasteiger charge is 2.24. The normalized spacial score (nSPS) is 31.8. The van der Waals surface area contributed by atoms with Crippen LogP contribution in [0.25, 0.3) is 0 Å². The van der Waals surface area contributed by atoms with Gasteiger partial charge in [-0.2, -0.15) is 0 Å². The van der Waals surface area contributed by atoms with E-state index in [0.717, 1.165) is 37.3 Å². The van der Waals surface area contributed by atoms with Gasteiger partial charge < -0.3 is 10.4 Å². The maximum Gasteiger partial charge on any atom is 0.0431 e. The van der Waals surface area contributed by atoms with Crippen LogP contribution in [0.15, 0.2) is 0 Å². The van der Waals surface area contributed by atoms with Crippen LogP contribution in [0, 0.1) is 11.8 Å². The second kappa shape index (κ2) is 7.24. The van der Waals surface area contributed by atoms with E-state index in [4.69, 9.17) is 5.11 Å². The van der Waals surface area contributed by atoms with Crippen molar-refractivity contribution in [1.29, 1.82) is 0 Å². The average molecular weight is 213 g/mol. The Morgan fingerprint density at radius 1 is 1.13 bits per heavy atom. The molecule has 0 radical (unpaired) electrons. The first-order valence-corrected chi connectivity index (χ1v) is 6.58. The van der Waals surface area contributed by atoms with Gasteiger partial charge in [0.15, 0.2) is 0 Å². The van der Waals surface area contributed by atoms with Crippen molar-refractivity contribution in [3.8, 4) is 0 Å². The zero-order valence-electron chi connectivity index (χ0n) is 10.3. The molecule has 0 aromatic carbocycles. The van der Waals surface area contributed by atoms with Crippen LogP contribution in [0.2, 0.25) is 0 Å². The molecule has 2 nitrogen and oxygen atoms in total. The van der Waals surface area contributed by atoms with Crippen LogP contribution in [0.3, 0.4) is 0 Å². The predicted octanol–water partition coefficient (Wildman–Crippen LogP) is 2.56. The molecule has 2 heteroatoms. The molecule has 1 saturated carbocycles. The summed E-state index contributed by atoms with van der Waals surface area (Å²) in [6, 6.07) is 0.746. The monoisotopic (exact) mass is 213 g/mol. The van der Waals surface area contributed by atoms with Crippen molar-refractivity contribution in [3.63, 3.8) is 0 Å². The Bertz CT molecular complexity index is 161. The van der Waals surface area contributed by atoms with Crippen molar-refractivity contribution in [1.82, 2.24) is 5.32 Å². The zero-order chi connectivity index (χ0) is 11.1. The van der Waals surface area contributed by atoms with Gasteiger partial charge in [-0.05, 0) is 56.9 Å². The van der Waals surface area contributed by atoms with Crippen LogP contribution < -0.4 is 5.32 Å². The Morgan fingerprint density at radius 3 is 2.60 bits per heavy atom. The molecule has 1 aliphatic carbocycles. The van der Waals surface area contributed by atoms with Crippen molar-refractivity contribution in [2.24, 2.45) is 11.8 Å². The molecule has 0 saturated heterocycles. The van der Waals surface area contributed by atoms with Crippen molar-refractivity contribution >= 4 is 0 Å². The van der Waals surface area contributed by atoms with Crippen LogP contribution in [-0.4, -0.2) is 24.3 Å². The minimum Gasteiger partial charge on any atom is -0.396 e. The smallest absolute Gasteiger partial charge is 0.0431 e. The van der Waals surface area contributed by atoms with Crippen LogP contribution >= 0.6 is 0 Å². The van der Waals surface area contributed by atoms with Gasteiger partial charge in [-0.3, -0.25) is 0 Å². The van der Waals surface area contributed by atoms with E-state index < -0.39 is 0 Å². The molecule has 0 aromatic heterocycles. The van der Waals surface area contributed by atoms with Gasteiger partial charge in [0.2, 0.25) is 0 Å². The Kier molecular flexibility index (Phi) is 6.26. The summed E-state index contributed by atoms with van der Waals surface area (Å²) in [5.74, 6) is 1.76.